The molecule has 1 atom stereocenters. The first-order valence-corrected chi connectivity index (χ1v) is 10.6. The maximum atomic E-state index is 12.8. The second-order valence-corrected chi connectivity index (χ2v) is 7.73. The van der Waals surface area contributed by atoms with E-state index in [4.69, 9.17) is 0 Å². The predicted octanol–water partition coefficient (Wildman–Crippen LogP) is 1.72. The number of nitrogens with one attached hydrogen (secondary N) is 1. The molecule has 0 bridgehead atoms. The molecule has 2 aromatic heterocycles. The van der Waals surface area contributed by atoms with Crippen LogP contribution in [0.25, 0.3) is 16.8 Å². The Bertz CT molecular complexity index is 1090. The molecule has 8 heteroatoms. The van der Waals surface area contributed by atoms with Crippen LogP contribution < -0.4 is 10.9 Å². The minimum Gasteiger partial charge on any atom is -0.353 e. The Morgan fingerprint density at radius 2 is 2.03 bits per heavy atom. The van der Waals surface area contributed by atoms with E-state index in [2.05, 4.69) is 46.4 Å². The van der Waals surface area contributed by atoms with E-state index in [1.54, 1.807) is 6.07 Å². The summed E-state index contributed by atoms with van der Waals surface area (Å²) < 4.78 is 2.67. The molecule has 30 heavy (non-hydrogen) atoms. The molecule has 0 saturated carbocycles. The Morgan fingerprint density at radius 1 is 1.23 bits per heavy atom. The highest BCUT2D eigenvalue weighted by Crippen LogP contribution is 2.19. The van der Waals surface area contributed by atoms with Gasteiger partial charge in [0.25, 0.3) is 5.56 Å². The van der Waals surface area contributed by atoms with E-state index in [0.29, 0.717) is 23.8 Å². The van der Waals surface area contributed by atoms with Gasteiger partial charge in [-0.1, -0.05) is 38.1 Å². The summed E-state index contributed by atoms with van der Waals surface area (Å²) in [5.74, 6) is -0.202. The van der Waals surface area contributed by atoms with Gasteiger partial charge in [0.15, 0.2) is 0 Å². The van der Waals surface area contributed by atoms with Gasteiger partial charge in [-0.25, -0.2) is 9.20 Å². The predicted molar refractivity (Wildman–Crippen MR) is 115 cm³/mol. The van der Waals surface area contributed by atoms with Crippen molar-refractivity contribution in [2.75, 3.05) is 19.6 Å². The lowest BCUT2D eigenvalue weighted by Gasteiger charge is -2.22. The number of nitrogens with zero attached hydrogens (tertiary/aromatic N) is 5. The van der Waals surface area contributed by atoms with Crippen molar-refractivity contribution >= 4 is 11.4 Å². The average Bonchev–Trinajstić information content (AvgIpc) is 3.41. The molecule has 1 amide bonds. The molecule has 3 heterocycles. The summed E-state index contributed by atoms with van der Waals surface area (Å²) in [6.45, 7) is 6.82. The monoisotopic (exact) mass is 408 g/mol. The van der Waals surface area contributed by atoms with Gasteiger partial charge in [-0.3, -0.25) is 14.5 Å². The number of carbonyl (C=O) groups is 1. The fraction of sp³-hybridized carbons (Fsp3) is 0.455. The summed E-state index contributed by atoms with van der Waals surface area (Å²) >= 11 is 0. The van der Waals surface area contributed by atoms with E-state index in [1.807, 2.05) is 12.1 Å². The number of hydrogen-bond acceptors (Lipinski definition) is 5. The Hall–Kier alpha value is -3.00. The average molecular weight is 409 g/mol. The zero-order valence-electron chi connectivity index (χ0n) is 17.5. The highest BCUT2D eigenvalue weighted by Gasteiger charge is 2.23. The number of benzene rings is 1. The van der Waals surface area contributed by atoms with Gasteiger partial charge in [0, 0.05) is 18.2 Å². The molecule has 0 aliphatic carbocycles. The quantitative estimate of drug-likeness (QED) is 0.644. The first kappa shape index (κ1) is 20.3. The fourth-order valence-corrected chi connectivity index (χ4v) is 4.07. The van der Waals surface area contributed by atoms with Crippen LogP contribution >= 0.6 is 0 Å². The van der Waals surface area contributed by atoms with Gasteiger partial charge < -0.3 is 5.32 Å². The number of likely N-dealkylation sites (tertiary alicyclic amines) is 1. The Kier molecular flexibility index (Phi) is 5.94. The van der Waals surface area contributed by atoms with Crippen LogP contribution in [-0.4, -0.2) is 55.9 Å². The number of aryl methyl sites for hydroxylation is 1. The zero-order valence-corrected chi connectivity index (χ0v) is 17.5. The van der Waals surface area contributed by atoms with Gasteiger partial charge in [0.2, 0.25) is 5.91 Å². The van der Waals surface area contributed by atoms with Crippen LogP contribution in [-0.2, 0) is 17.8 Å². The Labute approximate surface area is 175 Å². The molecule has 1 saturated heterocycles. The van der Waals surface area contributed by atoms with E-state index in [0.717, 1.165) is 37.9 Å². The first-order chi connectivity index (χ1) is 14.6. The minimum absolute atomic E-state index is 0.0973. The van der Waals surface area contributed by atoms with Gasteiger partial charge in [-0.15, -0.1) is 0 Å². The third-order valence-corrected chi connectivity index (χ3v) is 5.88. The first-order valence-electron chi connectivity index (χ1n) is 10.6. The molecule has 3 aromatic rings. The molecular formula is C22H28N6O2. The van der Waals surface area contributed by atoms with E-state index < -0.39 is 0 Å². The minimum atomic E-state index is -0.326. The van der Waals surface area contributed by atoms with Crippen molar-refractivity contribution in [1.82, 2.24) is 29.6 Å². The smallest absolute Gasteiger partial charge is 0.293 e. The molecule has 4 rings (SSSR count). The zero-order chi connectivity index (χ0) is 21.1. The lowest BCUT2D eigenvalue weighted by Crippen LogP contribution is -2.42. The van der Waals surface area contributed by atoms with Gasteiger partial charge in [-0.2, -0.15) is 10.2 Å². The standard InChI is InChI=1S/C22H28N6O2/c1-3-16-7-9-17(10-8-16)19-12-20-22(30)27(24-15-28(20)25-19)14-21(29)23-13-18-6-5-11-26(18)4-2/h7-10,12,15,18H,3-6,11,13-14H2,1-2H3,(H,23,29)/t18-/m0/s1. The SMILES string of the molecule is CCc1ccc(-c2cc3c(=O)n(CC(=O)NC[C@@H]4CCCN4CC)ncn3n2)cc1. The number of carbonyl (C=O) groups excluding carboxylic acids is 1. The molecule has 0 spiro atoms. The summed E-state index contributed by atoms with van der Waals surface area (Å²) in [6, 6.07) is 10.2. The summed E-state index contributed by atoms with van der Waals surface area (Å²) in [4.78, 5) is 27.6. The van der Waals surface area contributed by atoms with Crippen molar-refractivity contribution in [2.24, 2.45) is 0 Å². The van der Waals surface area contributed by atoms with E-state index in [-0.39, 0.29) is 18.0 Å². The number of amides is 1. The van der Waals surface area contributed by atoms with E-state index >= 15 is 0 Å². The van der Waals surface area contributed by atoms with E-state index in [1.165, 1.54) is 21.1 Å². The molecule has 8 nitrogen and oxygen atoms in total. The normalized spacial score (nSPS) is 16.9. The highest BCUT2D eigenvalue weighted by atomic mass is 16.2. The van der Waals surface area contributed by atoms with Gasteiger partial charge >= 0.3 is 0 Å². The molecule has 1 N–H and O–H groups in total. The number of hydrogen-bond donors (Lipinski definition) is 1. The largest absolute Gasteiger partial charge is 0.353 e. The van der Waals surface area contributed by atoms with Crippen molar-refractivity contribution in [3.63, 3.8) is 0 Å². The van der Waals surface area contributed by atoms with Crippen LogP contribution in [0.1, 0.15) is 32.3 Å². The number of likely N-dealkylation sites (N-methyl/N-ethyl adjacent to an activating group) is 1. The lowest BCUT2D eigenvalue weighted by atomic mass is 10.1. The molecule has 0 unspecified atom stereocenters. The third-order valence-electron chi connectivity index (χ3n) is 5.88. The van der Waals surface area contributed by atoms with Crippen LogP contribution in [0.5, 0.6) is 0 Å². The topological polar surface area (TPSA) is 84.5 Å². The molecule has 1 aromatic carbocycles. The molecule has 1 fully saturated rings. The molecule has 158 valence electrons. The second kappa shape index (κ2) is 8.79. The van der Waals surface area contributed by atoms with Crippen LogP contribution in [0.4, 0.5) is 0 Å². The lowest BCUT2D eigenvalue weighted by molar-refractivity contribution is -0.122. The number of fused-ring (bicyclic) bond motifs is 1. The van der Waals surface area contributed by atoms with Crippen LogP contribution in [0.15, 0.2) is 41.5 Å². The van der Waals surface area contributed by atoms with Gasteiger partial charge in [0.1, 0.15) is 18.4 Å². The van der Waals surface area contributed by atoms with Crippen molar-refractivity contribution in [3.05, 3.63) is 52.6 Å². The van der Waals surface area contributed by atoms with Crippen LogP contribution in [0.2, 0.25) is 0 Å². The Balaban J connectivity index is 1.47. The Morgan fingerprint density at radius 3 is 2.77 bits per heavy atom. The summed E-state index contributed by atoms with van der Waals surface area (Å²) in [7, 11) is 0. The maximum absolute atomic E-state index is 12.8. The highest BCUT2D eigenvalue weighted by molar-refractivity contribution is 5.75. The number of rotatable bonds is 7. The van der Waals surface area contributed by atoms with Crippen LogP contribution in [0.3, 0.4) is 0 Å². The van der Waals surface area contributed by atoms with Crippen LogP contribution in [0, 0.1) is 0 Å². The van der Waals surface area contributed by atoms with Crippen molar-refractivity contribution in [1.29, 1.82) is 0 Å². The fourth-order valence-electron chi connectivity index (χ4n) is 4.07. The molecule has 1 aliphatic rings. The summed E-state index contributed by atoms with van der Waals surface area (Å²) in [6.07, 6.45) is 4.70. The second-order valence-electron chi connectivity index (χ2n) is 7.73. The summed E-state index contributed by atoms with van der Waals surface area (Å²) in [5.41, 5.74) is 2.97. The molecular weight excluding hydrogens is 380 g/mol. The molecule has 0 radical (unpaired) electrons. The van der Waals surface area contributed by atoms with Crippen molar-refractivity contribution in [2.45, 2.75) is 45.7 Å². The van der Waals surface area contributed by atoms with Crippen molar-refractivity contribution < 1.29 is 4.79 Å². The van der Waals surface area contributed by atoms with E-state index in [9.17, 15) is 9.59 Å². The van der Waals surface area contributed by atoms with Gasteiger partial charge in [0.05, 0.1) is 5.69 Å². The van der Waals surface area contributed by atoms with Crippen molar-refractivity contribution in [3.8, 4) is 11.3 Å². The number of aromatic nitrogens is 4. The maximum Gasteiger partial charge on any atom is 0.293 e. The van der Waals surface area contributed by atoms with Gasteiger partial charge in [-0.05, 0) is 44.0 Å². The third kappa shape index (κ3) is 4.14. The molecule has 1 aliphatic heterocycles. The summed E-state index contributed by atoms with van der Waals surface area (Å²) in [5, 5.41) is 11.5.